The lowest BCUT2D eigenvalue weighted by atomic mass is 10.2. The third-order valence-electron chi connectivity index (χ3n) is 5.77. The van der Waals surface area contributed by atoms with Gasteiger partial charge >= 0.3 is 0 Å². The van der Waals surface area contributed by atoms with E-state index in [1.165, 1.54) is 0 Å². The highest BCUT2D eigenvalue weighted by Gasteiger charge is 2.41. The van der Waals surface area contributed by atoms with E-state index >= 15 is 0 Å². The molecule has 0 radical (unpaired) electrons. The highest BCUT2D eigenvalue weighted by molar-refractivity contribution is 9.10. The fourth-order valence-electron chi connectivity index (χ4n) is 1.81. The Morgan fingerprint density at radius 1 is 0.960 bits per heavy atom. The Bertz CT molecular complexity index is 560. The first-order valence-corrected chi connectivity index (χ1v) is 15.6. The number of nitrogens with zero attached hydrogens (tertiary/aromatic N) is 1. The van der Waals surface area contributed by atoms with Crippen molar-refractivity contribution >= 4 is 32.6 Å². The van der Waals surface area contributed by atoms with Crippen molar-refractivity contribution in [2.75, 3.05) is 6.61 Å². The van der Waals surface area contributed by atoms with Crippen molar-refractivity contribution in [1.82, 2.24) is 4.98 Å². The molecule has 1 unspecified atom stereocenters. The Balaban J connectivity index is 3.06. The zero-order valence-corrected chi connectivity index (χ0v) is 21.2. The minimum atomic E-state index is -1.91. The molecule has 25 heavy (non-hydrogen) atoms. The number of rotatable bonds is 6. The van der Waals surface area contributed by atoms with Crippen LogP contribution in [0, 0.1) is 0 Å². The van der Waals surface area contributed by atoms with Crippen LogP contribution in [0.2, 0.25) is 36.3 Å². The monoisotopic (exact) mass is 445 g/mol. The van der Waals surface area contributed by atoms with Gasteiger partial charge in [0.2, 0.25) is 0 Å². The second-order valence-electron chi connectivity index (χ2n) is 9.85. The second-order valence-corrected chi connectivity index (χ2v) is 20.2. The van der Waals surface area contributed by atoms with Gasteiger partial charge in [0, 0.05) is 11.8 Å². The quantitative estimate of drug-likeness (QED) is 0.351. The van der Waals surface area contributed by atoms with Gasteiger partial charge in [-0.25, -0.2) is 4.98 Å². The molecule has 1 heterocycles. The Hall–Kier alpha value is -0.0162. The van der Waals surface area contributed by atoms with Crippen molar-refractivity contribution < 1.29 is 8.85 Å². The molecule has 1 rings (SSSR count). The summed E-state index contributed by atoms with van der Waals surface area (Å²) < 4.78 is 14.1. The van der Waals surface area contributed by atoms with Crippen molar-refractivity contribution in [2.24, 2.45) is 0 Å². The van der Waals surface area contributed by atoms with E-state index in [9.17, 15) is 0 Å². The molecule has 0 aromatic carbocycles. The van der Waals surface area contributed by atoms with Crippen molar-refractivity contribution in [1.29, 1.82) is 0 Å². The largest absolute Gasteiger partial charge is 0.414 e. The summed E-state index contributed by atoms with van der Waals surface area (Å²) in [5.41, 5.74) is 1.09. The smallest absolute Gasteiger partial charge is 0.193 e. The fraction of sp³-hybridized carbons (Fsp3) is 0.737. The Morgan fingerprint density at radius 3 is 1.88 bits per heavy atom. The normalized spacial score (nSPS) is 15.3. The van der Waals surface area contributed by atoms with Gasteiger partial charge in [0.05, 0.1) is 12.7 Å². The Labute approximate surface area is 165 Å². The number of hydrogen-bond donors (Lipinski definition) is 0. The zero-order valence-electron chi connectivity index (χ0n) is 17.7. The van der Waals surface area contributed by atoms with Crippen LogP contribution in [0.4, 0.5) is 0 Å². The molecule has 1 aromatic rings. The van der Waals surface area contributed by atoms with Crippen LogP contribution in [0.25, 0.3) is 0 Å². The summed E-state index contributed by atoms with van der Waals surface area (Å²) in [5.74, 6) is 0. The van der Waals surface area contributed by atoms with Crippen LogP contribution in [-0.4, -0.2) is 28.2 Å². The average Bonchev–Trinajstić information content (AvgIpc) is 2.42. The average molecular weight is 447 g/mol. The van der Waals surface area contributed by atoms with Crippen LogP contribution in [0.3, 0.4) is 0 Å². The first-order valence-electron chi connectivity index (χ1n) is 9.00. The van der Waals surface area contributed by atoms with Crippen LogP contribution in [-0.2, 0) is 8.85 Å². The predicted molar refractivity (Wildman–Crippen MR) is 116 cm³/mol. The van der Waals surface area contributed by atoms with E-state index in [4.69, 9.17) is 8.85 Å². The first kappa shape index (κ1) is 23.0. The summed E-state index contributed by atoms with van der Waals surface area (Å²) in [5, 5.41) is 0.345. The van der Waals surface area contributed by atoms with Crippen LogP contribution in [0.15, 0.2) is 22.9 Å². The van der Waals surface area contributed by atoms with Gasteiger partial charge in [-0.05, 0) is 58.3 Å². The minimum Gasteiger partial charge on any atom is -0.414 e. The topological polar surface area (TPSA) is 31.4 Å². The van der Waals surface area contributed by atoms with E-state index in [0.29, 0.717) is 6.61 Å². The molecule has 0 amide bonds. The molecule has 0 saturated carbocycles. The fourth-order valence-corrected chi connectivity index (χ4v) is 4.31. The highest BCUT2D eigenvalue weighted by atomic mass is 79.9. The van der Waals surface area contributed by atoms with Gasteiger partial charge in [-0.1, -0.05) is 47.6 Å². The second kappa shape index (κ2) is 7.92. The van der Waals surface area contributed by atoms with Crippen molar-refractivity contribution in [3.05, 3.63) is 28.5 Å². The Morgan fingerprint density at radius 2 is 1.48 bits per heavy atom. The maximum Gasteiger partial charge on any atom is 0.193 e. The summed E-state index contributed by atoms with van der Waals surface area (Å²) in [6.07, 6.45) is 1.83. The van der Waals surface area contributed by atoms with E-state index < -0.39 is 16.6 Å². The molecule has 3 nitrogen and oxygen atoms in total. The lowest BCUT2D eigenvalue weighted by Gasteiger charge is -2.41. The van der Waals surface area contributed by atoms with Gasteiger partial charge in [0.15, 0.2) is 16.6 Å². The molecule has 0 aliphatic heterocycles. The molecule has 0 aliphatic carbocycles. The first-order chi connectivity index (χ1) is 11.1. The van der Waals surface area contributed by atoms with Crippen LogP contribution in [0.1, 0.15) is 53.2 Å². The van der Waals surface area contributed by atoms with Gasteiger partial charge < -0.3 is 8.85 Å². The molecule has 1 aromatic heterocycles. The molecule has 0 bridgehead atoms. The van der Waals surface area contributed by atoms with Gasteiger partial charge in [-0.3, -0.25) is 0 Å². The molecule has 1 atom stereocenters. The van der Waals surface area contributed by atoms with E-state index in [1.54, 1.807) is 0 Å². The van der Waals surface area contributed by atoms with Crippen molar-refractivity contribution in [3.63, 3.8) is 0 Å². The van der Waals surface area contributed by atoms with E-state index in [-0.39, 0.29) is 16.2 Å². The zero-order chi connectivity index (χ0) is 19.7. The number of pyridine rings is 1. The summed E-state index contributed by atoms with van der Waals surface area (Å²) in [7, 11) is -3.74. The molecular weight excluding hydrogens is 410 g/mol. The van der Waals surface area contributed by atoms with E-state index in [2.05, 4.69) is 94.7 Å². The van der Waals surface area contributed by atoms with E-state index in [0.717, 1.165) is 10.2 Å². The maximum absolute atomic E-state index is 6.72. The summed E-state index contributed by atoms with van der Waals surface area (Å²) in [6.45, 7) is 23.4. The molecule has 0 spiro atoms. The van der Waals surface area contributed by atoms with Crippen LogP contribution in [0.5, 0.6) is 0 Å². The standard InChI is InChI=1S/C19H36BrNO2Si2/c1-18(2,3)24(7,8)22-14-16(15-11-12-17(20)21-13-15)23-25(9,10)19(4,5)6/h11-13,16H,14H2,1-10H3. The maximum atomic E-state index is 6.72. The molecule has 0 aliphatic rings. The Kier molecular flexibility index (Phi) is 7.30. The molecule has 0 saturated heterocycles. The van der Waals surface area contributed by atoms with Crippen LogP contribution >= 0.6 is 15.9 Å². The van der Waals surface area contributed by atoms with Gasteiger partial charge in [0.25, 0.3) is 0 Å². The highest BCUT2D eigenvalue weighted by Crippen LogP contribution is 2.41. The lowest BCUT2D eigenvalue weighted by molar-refractivity contribution is 0.107. The summed E-state index contributed by atoms with van der Waals surface area (Å²) in [6, 6.07) is 4.06. The number of hydrogen-bond acceptors (Lipinski definition) is 3. The third-order valence-corrected chi connectivity index (χ3v) is 15.2. The summed E-state index contributed by atoms with van der Waals surface area (Å²) in [4.78, 5) is 4.39. The van der Waals surface area contributed by atoms with Gasteiger partial charge in [-0.15, -0.1) is 0 Å². The van der Waals surface area contributed by atoms with Gasteiger partial charge in [-0.2, -0.15) is 0 Å². The van der Waals surface area contributed by atoms with Crippen molar-refractivity contribution in [3.8, 4) is 0 Å². The molecule has 6 heteroatoms. The third kappa shape index (κ3) is 6.27. The minimum absolute atomic E-state index is 0.0735. The van der Waals surface area contributed by atoms with Crippen LogP contribution < -0.4 is 0 Å². The molecule has 144 valence electrons. The number of aromatic nitrogens is 1. The summed E-state index contributed by atoms with van der Waals surface area (Å²) >= 11 is 3.42. The lowest BCUT2D eigenvalue weighted by Crippen LogP contribution is -2.45. The van der Waals surface area contributed by atoms with E-state index in [1.807, 2.05) is 12.3 Å². The molecular formula is C19H36BrNO2Si2. The number of halogens is 1. The predicted octanol–water partition coefficient (Wildman–Crippen LogP) is 6.93. The SMILES string of the molecule is CC(C)(C)[Si](C)(C)OCC(O[Si](C)(C)C(C)(C)C)c1ccc(Br)nc1. The molecule has 0 N–H and O–H groups in total. The molecule has 0 fully saturated rings. The van der Waals surface area contributed by atoms with Crippen molar-refractivity contribution in [2.45, 2.75) is 83.9 Å². The van der Waals surface area contributed by atoms with Gasteiger partial charge in [0.1, 0.15) is 4.60 Å².